The number of amides is 2. The number of aliphatic hydroxyl groups is 1. The SMILES string of the molecule is C[C@H](CCO)CNC(=O)Nc1ccc(Cl)c(Br)c1. The van der Waals surface area contributed by atoms with Gasteiger partial charge in [-0.3, -0.25) is 0 Å². The minimum absolute atomic E-state index is 0.134. The van der Waals surface area contributed by atoms with Gasteiger partial charge < -0.3 is 15.7 Å². The van der Waals surface area contributed by atoms with Crippen LogP contribution >= 0.6 is 27.5 Å². The molecule has 0 saturated carbocycles. The lowest BCUT2D eigenvalue weighted by Gasteiger charge is -2.12. The van der Waals surface area contributed by atoms with Crippen LogP contribution in [-0.2, 0) is 0 Å². The Labute approximate surface area is 120 Å². The number of carbonyl (C=O) groups is 1. The first-order chi connectivity index (χ1) is 8.52. The number of urea groups is 1. The quantitative estimate of drug-likeness (QED) is 0.773. The van der Waals surface area contributed by atoms with Crippen LogP contribution in [0.1, 0.15) is 13.3 Å². The molecule has 4 nitrogen and oxygen atoms in total. The molecule has 0 aliphatic rings. The molecule has 0 aliphatic heterocycles. The van der Waals surface area contributed by atoms with Crippen LogP contribution in [0, 0.1) is 5.92 Å². The zero-order chi connectivity index (χ0) is 13.5. The standard InChI is InChI=1S/C12H16BrClN2O2/c1-8(4-5-17)7-15-12(18)16-9-2-3-11(14)10(13)6-9/h2-3,6,8,17H,4-5,7H2,1H3,(H2,15,16,18)/t8-/m1/s1. The monoisotopic (exact) mass is 334 g/mol. The maximum atomic E-state index is 11.6. The van der Waals surface area contributed by atoms with Crippen LogP contribution in [0.3, 0.4) is 0 Å². The predicted octanol–water partition coefficient (Wildman–Crippen LogP) is 3.24. The fourth-order valence-corrected chi connectivity index (χ4v) is 1.83. The van der Waals surface area contributed by atoms with Gasteiger partial charge >= 0.3 is 6.03 Å². The van der Waals surface area contributed by atoms with Crippen molar-refractivity contribution in [2.75, 3.05) is 18.5 Å². The molecule has 1 aromatic rings. The van der Waals surface area contributed by atoms with Crippen LogP contribution in [0.2, 0.25) is 5.02 Å². The van der Waals surface area contributed by atoms with Gasteiger partial charge in [0.1, 0.15) is 0 Å². The zero-order valence-electron chi connectivity index (χ0n) is 10.0. The number of anilines is 1. The van der Waals surface area contributed by atoms with Crippen LogP contribution in [0.5, 0.6) is 0 Å². The molecule has 6 heteroatoms. The Kier molecular flexibility index (Phi) is 6.46. The molecular formula is C12H16BrClN2O2. The van der Waals surface area contributed by atoms with E-state index in [1.165, 1.54) is 0 Å². The van der Waals surface area contributed by atoms with E-state index in [1.54, 1.807) is 18.2 Å². The molecule has 2 amide bonds. The van der Waals surface area contributed by atoms with Crippen molar-refractivity contribution >= 4 is 39.2 Å². The largest absolute Gasteiger partial charge is 0.396 e. The number of benzene rings is 1. The van der Waals surface area contributed by atoms with Gasteiger partial charge in [0.2, 0.25) is 0 Å². The first kappa shape index (κ1) is 15.3. The molecule has 18 heavy (non-hydrogen) atoms. The van der Waals surface area contributed by atoms with Crippen molar-refractivity contribution in [3.05, 3.63) is 27.7 Å². The second-order valence-corrected chi connectivity index (χ2v) is 5.34. The van der Waals surface area contributed by atoms with Crippen LogP contribution in [0.25, 0.3) is 0 Å². The van der Waals surface area contributed by atoms with Gasteiger partial charge in [-0.05, 0) is 46.5 Å². The highest BCUT2D eigenvalue weighted by molar-refractivity contribution is 9.10. The van der Waals surface area contributed by atoms with E-state index in [4.69, 9.17) is 16.7 Å². The Morgan fingerprint density at radius 1 is 1.56 bits per heavy atom. The minimum Gasteiger partial charge on any atom is -0.396 e. The molecule has 0 bridgehead atoms. The van der Waals surface area contributed by atoms with Gasteiger partial charge in [-0.25, -0.2) is 4.79 Å². The number of hydrogen-bond acceptors (Lipinski definition) is 2. The molecule has 0 aliphatic carbocycles. The maximum absolute atomic E-state index is 11.6. The smallest absolute Gasteiger partial charge is 0.319 e. The lowest BCUT2D eigenvalue weighted by molar-refractivity contribution is 0.243. The van der Waals surface area contributed by atoms with Crippen molar-refractivity contribution < 1.29 is 9.90 Å². The highest BCUT2D eigenvalue weighted by atomic mass is 79.9. The summed E-state index contributed by atoms with van der Waals surface area (Å²) in [5.74, 6) is 0.248. The summed E-state index contributed by atoms with van der Waals surface area (Å²) in [5.41, 5.74) is 0.665. The Balaban J connectivity index is 2.42. The van der Waals surface area contributed by atoms with Crippen molar-refractivity contribution in [2.24, 2.45) is 5.92 Å². The molecule has 0 heterocycles. The lowest BCUT2D eigenvalue weighted by Crippen LogP contribution is -2.32. The van der Waals surface area contributed by atoms with Gasteiger partial charge in [-0.15, -0.1) is 0 Å². The van der Waals surface area contributed by atoms with Crippen molar-refractivity contribution in [3.63, 3.8) is 0 Å². The van der Waals surface area contributed by atoms with Gasteiger partial charge in [0.15, 0.2) is 0 Å². The fourth-order valence-electron chi connectivity index (χ4n) is 1.34. The summed E-state index contributed by atoms with van der Waals surface area (Å²) >= 11 is 9.14. The molecule has 0 spiro atoms. The van der Waals surface area contributed by atoms with E-state index in [1.807, 2.05) is 6.92 Å². The summed E-state index contributed by atoms with van der Waals surface area (Å²) in [6, 6.07) is 4.90. The number of hydrogen-bond donors (Lipinski definition) is 3. The molecule has 0 unspecified atom stereocenters. The Morgan fingerprint density at radius 3 is 2.89 bits per heavy atom. The topological polar surface area (TPSA) is 61.4 Å². The summed E-state index contributed by atoms with van der Waals surface area (Å²) < 4.78 is 0.732. The second-order valence-electron chi connectivity index (χ2n) is 4.08. The van der Waals surface area contributed by atoms with E-state index in [0.717, 1.165) is 4.47 Å². The first-order valence-corrected chi connectivity index (χ1v) is 6.80. The summed E-state index contributed by atoms with van der Waals surface area (Å²) in [6.07, 6.45) is 0.673. The van der Waals surface area contributed by atoms with Gasteiger partial charge in [0.25, 0.3) is 0 Å². The summed E-state index contributed by atoms with van der Waals surface area (Å²) in [5, 5.41) is 14.8. The molecule has 3 N–H and O–H groups in total. The average Bonchev–Trinajstić information content (AvgIpc) is 2.32. The van der Waals surface area contributed by atoms with E-state index < -0.39 is 0 Å². The minimum atomic E-state index is -0.269. The summed E-state index contributed by atoms with van der Waals surface area (Å²) in [7, 11) is 0. The number of halogens is 2. The first-order valence-electron chi connectivity index (χ1n) is 5.63. The van der Waals surface area contributed by atoms with Gasteiger partial charge in [0.05, 0.1) is 5.02 Å². The van der Waals surface area contributed by atoms with Crippen LogP contribution in [-0.4, -0.2) is 24.3 Å². The molecular weight excluding hydrogens is 320 g/mol. The van der Waals surface area contributed by atoms with Gasteiger partial charge in [-0.1, -0.05) is 18.5 Å². The molecule has 0 radical (unpaired) electrons. The lowest BCUT2D eigenvalue weighted by atomic mass is 10.1. The van der Waals surface area contributed by atoms with Crippen LogP contribution < -0.4 is 10.6 Å². The molecule has 1 rings (SSSR count). The van der Waals surface area contributed by atoms with E-state index in [9.17, 15) is 4.79 Å². The maximum Gasteiger partial charge on any atom is 0.319 e. The Morgan fingerprint density at radius 2 is 2.28 bits per heavy atom. The van der Waals surface area contributed by atoms with E-state index >= 15 is 0 Å². The Hall–Kier alpha value is -0.780. The number of rotatable bonds is 5. The van der Waals surface area contributed by atoms with Gasteiger partial charge in [-0.2, -0.15) is 0 Å². The zero-order valence-corrected chi connectivity index (χ0v) is 12.4. The molecule has 0 aromatic heterocycles. The average molecular weight is 336 g/mol. The van der Waals surface area contributed by atoms with Crippen molar-refractivity contribution in [2.45, 2.75) is 13.3 Å². The van der Waals surface area contributed by atoms with E-state index in [0.29, 0.717) is 23.7 Å². The number of carbonyl (C=O) groups excluding carboxylic acids is 1. The summed E-state index contributed by atoms with van der Waals surface area (Å²) in [6.45, 7) is 2.63. The highest BCUT2D eigenvalue weighted by Gasteiger charge is 2.06. The van der Waals surface area contributed by atoms with Crippen molar-refractivity contribution in [3.8, 4) is 0 Å². The fraction of sp³-hybridized carbons (Fsp3) is 0.417. The van der Waals surface area contributed by atoms with Crippen molar-refractivity contribution in [1.82, 2.24) is 5.32 Å². The molecule has 0 fully saturated rings. The summed E-state index contributed by atoms with van der Waals surface area (Å²) in [4.78, 5) is 11.6. The van der Waals surface area contributed by atoms with Gasteiger partial charge in [0, 0.05) is 23.3 Å². The second kappa shape index (κ2) is 7.61. The molecule has 100 valence electrons. The normalized spacial score (nSPS) is 12.0. The van der Waals surface area contributed by atoms with Crippen LogP contribution in [0.4, 0.5) is 10.5 Å². The molecule has 1 atom stereocenters. The van der Waals surface area contributed by atoms with E-state index in [2.05, 4.69) is 26.6 Å². The Bertz CT molecular complexity index is 415. The molecule has 0 saturated heterocycles. The third kappa shape index (κ3) is 5.25. The number of aliphatic hydroxyl groups excluding tert-OH is 1. The number of nitrogens with one attached hydrogen (secondary N) is 2. The molecule has 1 aromatic carbocycles. The van der Waals surface area contributed by atoms with Crippen molar-refractivity contribution in [1.29, 1.82) is 0 Å². The third-order valence-electron chi connectivity index (χ3n) is 2.41. The van der Waals surface area contributed by atoms with Crippen LogP contribution in [0.15, 0.2) is 22.7 Å². The predicted molar refractivity (Wildman–Crippen MR) is 77.0 cm³/mol. The van der Waals surface area contributed by atoms with E-state index in [-0.39, 0.29) is 18.6 Å². The third-order valence-corrected chi connectivity index (χ3v) is 3.62. The highest BCUT2D eigenvalue weighted by Crippen LogP contribution is 2.25.